The molecule has 4 N–H and O–H groups in total. The van der Waals surface area contributed by atoms with E-state index in [1.807, 2.05) is 31.2 Å². The number of nitrogen functional groups attached to an aromatic ring is 2. The summed E-state index contributed by atoms with van der Waals surface area (Å²) in [6, 6.07) is 7.93. The molecule has 0 radical (unpaired) electrons. The number of nitrogens with zero attached hydrogens (tertiary/aromatic N) is 3. The Kier molecular flexibility index (Phi) is 3.79. The van der Waals surface area contributed by atoms with E-state index in [2.05, 4.69) is 9.97 Å². The molecule has 1 aromatic heterocycles. The fourth-order valence-corrected chi connectivity index (χ4v) is 2.04. The number of rotatable bonds is 4. The van der Waals surface area contributed by atoms with E-state index in [9.17, 15) is 10.1 Å². The third-order valence-corrected chi connectivity index (χ3v) is 2.92. The SMILES string of the molecule is Cc1cccc(CCc2nc(N)nc(N)c2[N+](=O)[O-])c1. The zero-order valence-corrected chi connectivity index (χ0v) is 11.0. The quantitative estimate of drug-likeness (QED) is 0.645. The van der Waals surface area contributed by atoms with Crippen LogP contribution in [0.15, 0.2) is 24.3 Å². The van der Waals surface area contributed by atoms with Crippen LogP contribution in [0.5, 0.6) is 0 Å². The van der Waals surface area contributed by atoms with Crippen LogP contribution in [0.25, 0.3) is 0 Å². The Bertz CT molecular complexity index is 657. The molecule has 7 nitrogen and oxygen atoms in total. The predicted molar refractivity (Wildman–Crippen MR) is 76.1 cm³/mol. The normalized spacial score (nSPS) is 10.4. The fraction of sp³-hybridized carbons (Fsp3) is 0.231. The van der Waals surface area contributed by atoms with Gasteiger partial charge in [0.05, 0.1) is 4.92 Å². The Balaban J connectivity index is 2.27. The Morgan fingerprint density at radius 2 is 2.00 bits per heavy atom. The molecule has 1 heterocycles. The van der Waals surface area contributed by atoms with Gasteiger partial charge < -0.3 is 11.5 Å². The lowest BCUT2D eigenvalue weighted by atomic mass is 10.1. The highest BCUT2D eigenvalue weighted by molar-refractivity contribution is 5.57. The lowest BCUT2D eigenvalue weighted by Crippen LogP contribution is -2.09. The monoisotopic (exact) mass is 273 g/mol. The molecule has 0 aliphatic carbocycles. The number of nitrogens with two attached hydrogens (primary N) is 2. The summed E-state index contributed by atoms with van der Waals surface area (Å²) in [4.78, 5) is 18.0. The van der Waals surface area contributed by atoms with E-state index in [1.54, 1.807) is 0 Å². The summed E-state index contributed by atoms with van der Waals surface area (Å²) in [5.74, 6) is -0.242. The van der Waals surface area contributed by atoms with Crippen LogP contribution in [0.4, 0.5) is 17.5 Å². The first-order chi connectivity index (χ1) is 9.47. The van der Waals surface area contributed by atoms with Gasteiger partial charge in [0.1, 0.15) is 5.69 Å². The minimum atomic E-state index is -0.569. The van der Waals surface area contributed by atoms with E-state index in [0.29, 0.717) is 12.8 Å². The molecule has 1 aromatic carbocycles. The number of hydrogen-bond donors (Lipinski definition) is 2. The van der Waals surface area contributed by atoms with Crippen molar-refractivity contribution in [3.8, 4) is 0 Å². The number of aryl methyl sites for hydroxylation is 3. The molecule has 0 fully saturated rings. The number of aromatic nitrogens is 2. The van der Waals surface area contributed by atoms with Crippen LogP contribution in [-0.4, -0.2) is 14.9 Å². The number of nitro groups is 1. The van der Waals surface area contributed by atoms with Gasteiger partial charge in [0.25, 0.3) is 0 Å². The second-order valence-corrected chi connectivity index (χ2v) is 4.51. The molecule has 0 spiro atoms. The summed E-state index contributed by atoms with van der Waals surface area (Å²) in [6.45, 7) is 1.99. The van der Waals surface area contributed by atoms with Crippen molar-refractivity contribution in [1.29, 1.82) is 0 Å². The van der Waals surface area contributed by atoms with Gasteiger partial charge in [-0.1, -0.05) is 29.8 Å². The van der Waals surface area contributed by atoms with Gasteiger partial charge in [-0.15, -0.1) is 0 Å². The van der Waals surface area contributed by atoms with Gasteiger partial charge in [-0.3, -0.25) is 10.1 Å². The summed E-state index contributed by atoms with van der Waals surface area (Å²) in [6.07, 6.45) is 1.01. The van der Waals surface area contributed by atoms with E-state index in [0.717, 1.165) is 11.1 Å². The van der Waals surface area contributed by atoms with Crippen molar-refractivity contribution in [1.82, 2.24) is 9.97 Å². The molecule has 0 amide bonds. The third-order valence-electron chi connectivity index (χ3n) is 2.92. The van der Waals surface area contributed by atoms with Gasteiger partial charge in [-0.2, -0.15) is 4.98 Å². The first-order valence-electron chi connectivity index (χ1n) is 6.09. The van der Waals surface area contributed by atoms with Crippen molar-refractivity contribution in [2.45, 2.75) is 19.8 Å². The molecule has 7 heteroatoms. The maximum atomic E-state index is 11.0. The minimum absolute atomic E-state index is 0.0488. The fourth-order valence-electron chi connectivity index (χ4n) is 2.04. The molecule has 0 atom stereocenters. The van der Waals surface area contributed by atoms with Gasteiger partial charge in [0.2, 0.25) is 11.8 Å². The molecule has 104 valence electrons. The molecular formula is C13H15N5O2. The van der Waals surface area contributed by atoms with Gasteiger partial charge in [-0.25, -0.2) is 4.98 Å². The molecular weight excluding hydrogens is 258 g/mol. The first-order valence-corrected chi connectivity index (χ1v) is 6.09. The largest absolute Gasteiger partial charge is 0.378 e. The number of hydrogen-bond acceptors (Lipinski definition) is 6. The van der Waals surface area contributed by atoms with E-state index in [-0.39, 0.29) is 23.1 Å². The molecule has 2 rings (SSSR count). The van der Waals surface area contributed by atoms with E-state index >= 15 is 0 Å². The second-order valence-electron chi connectivity index (χ2n) is 4.51. The zero-order chi connectivity index (χ0) is 14.7. The third kappa shape index (κ3) is 3.00. The van der Waals surface area contributed by atoms with Crippen LogP contribution < -0.4 is 11.5 Å². The van der Waals surface area contributed by atoms with Gasteiger partial charge in [0, 0.05) is 6.42 Å². The Labute approximate surface area is 115 Å². The molecule has 2 aromatic rings. The molecule has 0 saturated heterocycles. The lowest BCUT2D eigenvalue weighted by Gasteiger charge is -2.06. The highest BCUT2D eigenvalue weighted by Gasteiger charge is 2.21. The van der Waals surface area contributed by atoms with Gasteiger partial charge >= 0.3 is 5.69 Å². The van der Waals surface area contributed by atoms with Crippen LogP contribution in [0.2, 0.25) is 0 Å². The van der Waals surface area contributed by atoms with Crippen molar-refractivity contribution in [3.05, 3.63) is 51.2 Å². The average Bonchev–Trinajstić information content (AvgIpc) is 2.35. The van der Waals surface area contributed by atoms with Gasteiger partial charge in [0.15, 0.2) is 0 Å². The van der Waals surface area contributed by atoms with Gasteiger partial charge in [-0.05, 0) is 18.9 Å². The van der Waals surface area contributed by atoms with E-state index in [1.165, 1.54) is 0 Å². The van der Waals surface area contributed by atoms with Crippen molar-refractivity contribution >= 4 is 17.5 Å². The van der Waals surface area contributed by atoms with E-state index in [4.69, 9.17) is 11.5 Å². The number of benzene rings is 1. The maximum Gasteiger partial charge on any atom is 0.332 e. The van der Waals surface area contributed by atoms with Crippen molar-refractivity contribution < 1.29 is 4.92 Å². The molecule has 0 aliphatic heterocycles. The maximum absolute atomic E-state index is 11.0. The minimum Gasteiger partial charge on any atom is -0.378 e. The van der Waals surface area contributed by atoms with Crippen LogP contribution >= 0.6 is 0 Å². The summed E-state index contributed by atoms with van der Waals surface area (Å²) < 4.78 is 0. The Morgan fingerprint density at radius 3 is 2.65 bits per heavy atom. The van der Waals surface area contributed by atoms with Crippen molar-refractivity contribution in [3.63, 3.8) is 0 Å². The van der Waals surface area contributed by atoms with Crippen LogP contribution in [-0.2, 0) is 12.8 Å². The lowest BCUT2D eigenvalue weighted by molar-refractivity contribution is -0.385. The highest BCUT2D eigenvalue weighted by Crippen LogP contribution is 2.25. The average molecular weight is 273 g/mol. The van der Waals surface area contributed by atoms with Crippen LogP contribution in [0.3, 0.4) is 0 Å². The zero-order valence-electron chi connectivity index (χ0n) is 11.0. The van der Waals surface area contributed by atoms with Crippen molar-refractivity contribution in [2.24, 2.45) is 0 Å². The Morgan fingerprint density at radius 1 is 1.25 bits per heavy atom. The Hall–Kier alpha value is -2.70. The summed E-state index contributed by atoms with van der Waals surface area (Å²) in [5, 5.41) is 11.0. The van der Waals surface area contributed by atoms with E-state index < -0.39 is 4.92 Å². The predicted octanol–water partition coefficient (Wildman–Crippen LogP) is 1.64. The second kappa shape index (κ2) is 5.52. The smallest absolute Gasteiger partial charge is 0.332 e. The van der Waals surface area contributed by atoms with Crippen LogP contribution in [0, 0.1) is 17.0 Å². The molecule has 0 saturated carbocycles. The molecule has 0 bridgehead atoms. The number of anilines is 2. The molecule has 0 aliphatic rings. The summed E-state index contributed by atoms with van der Waals surface area (Å²) >= 11 is 0. The van der Waals surface area contributed by atoms with Crippen molar-refractivity contribution in [2.75, 3.05) is 11.5 Å². The first kappa shape index (κ1) is 13.7. The highest BCUT2D eigenvalue weighted by atomic mass is 16.6. The summed E-state index contributed by atoms with van der Waals surface area (Å²) in [5.41, 5.74) is 13.3. The van der Waals surface area contributed by atoms with Crippen LogP contribution in [0.1, 0.15) is 16.8 Å². The standard InChI is InChI=1S/C13H15N5O2/c1-8-3-2-4-9(7-8)5-6-10-11(18(19)20)12(14)17-13(15)16-10/h2-4,7H,5-6H2,1H3,(H4,14,15,16,17). The summed E-state index contributed by atoms with van der Waals surface area (Å²) in [7, 11) is 0. The molecule has 0 unspecified atom stereocenters. The molecule has 20 heavy (non-hydrogen) atoms. The topological polar surface area (TPSA) is 121 Å².